The Bertz CT molecular complexity index is 676. The summed E-state index contributed by atoms with van der Waals surface area (Å²) in [5.41, 5.74) is 0.731. The van der Waals surface area contributed by atoms with Crippen molar-refractivity contribution in [2.45, 2.75) is 45.1 Å². The van der Waals surface area contributed by atoms with Crippen LogP contribution in [0, 0.1) is 11.8 Å². The van der Waals surface area contributed by atoms with E-state index in [2.05, 4.69) is 12.2 Å². The lowest BCUT2D eigenvalue weighted by molar-refractivity contribution is -0.127. The molecule has 6 nitrogen and oxygen atoms in total. The van der Waals surface area contributed by atoms with Gasteiger partial charge >= 0.3 is 0 Å². The largest absolute Gasteiger partial charge is 0.493 e. The van der Waals surface area contributed by atoms with Gasteiger partial charge in [-0.1, -0.05) is 19.8 Å². The van der Waals surface area contributed by atoms with E-state index in [0.29, 0.717) is 24.0 Å². The number of nitrogens with one attached hydrogen (secondary N) is 1. The van der Waals surface area contributed by atoms with Gasteiger partial charge in [0.05, 0.1) is 20.1 Å². The number of amides is 2. The van der Waals surface area contributed by atoms with Crippen LogP contribution in [0.1, 0.15) is 39.0 Å². The number of benzene rings is 1. The molecule has 1 aromatic rings. The van der Waals surface area contributed by atoms with Crippen molar-refractivity contribution < 1.29 is 19.1 Å². The Morgan fingerprint density at radius 3 is 2.58 bits per heavy atom. The Balaban J connectivity index is 1.67. The highest BCUT2D eigenvalue weighted by Crippen LogP contribution is 2.34. The number of hydrogen-bond donors (Lipinski definition) is 1. The second kappa shape index (κ2) is 7.98. The van der Waals surface area contributed by atoms with E-state index in [-0.39, 0.29) is 30.2 Å². The third kappa shape index (κ3) is 3.79. The van der Waals surface area contributed by atoms with Gasteiger partial charge in [-0.05, 0) is 30.9 Å². The SMILES string of the molecule is COc1ccc(N2C[C@H](C(=O)N[C@@H]3CCCC[C@H]3C)CC2=O)cc1OC. The molecule has 1 aromatic carbocycles. The number of nitrogens with zero attached hydrogens (tertiary/aromatic N) is 1. The maximum Gasteiger partial charge on any atom is 0.227 e. The molecular formula is C20H28N2O4. The van der Waals surface area contributed by atoms with Crippen molar-refractivity contribution in [3.63, 3.8) is 0 Å². The summed E-state index contributed by atoms with van der Waals surface area (Å²) in [4.78, 5) is 26.8. The van der Waals surface area contributed by atoms with Crippen LogP contribution < -0.4 is 19.7 Å². The van der Waals surface area contributed by atoms with E-state index in [1.165, 1.54) is 6.42 Å². The van der Waals surface area contributed by atoms with Gasteiger partial charge in [-0.25, -0.2) is 0 Å². The molecule has 1 aliphatic heterocycles. The van der Waals surface area contributed by atoms with Crippen molar-refractivity contribution in [1.82, 2.24) is 5.32 Å². The molecule has 2 amide bonds. The van der Waals surface area contributed by atoms with Gasteiger partial charge in [0.1, 0.15) is 0 Å². The zero-order chi connectivity index (χ0) is 18.7. The monoisotopic (exact) mass is 360 g/mol. The molecule has 0 spiro atoms. The Morgan fingerprint density at radius 1 is 1.15 bits per heavy atom. The van der Waals surface area contributed by atoms with Gasteiger partial charge < -0.3 is 19.7 Å². The van der Waals surface area contributed by atoms with Crippen LogP contribution in [0.3, 0.4) is 0 Å². The quantitative estimate of drug-likeness (QED) is 0.877. The van der Waals surface area contributed by atoms with Crippen LogP contribution in [0.4, 0.5) is 5.69 Å². The molecule has 1 saturated carbocycles. The normalized spacial score (nSPS) is 25.9. The number of carbonyl (C=O) groups is 2. The van der Waals surface area contributed by atoms with Gasteiger partial charge in [-0.15, -0.1) is 0 Å². The molecule has 3 atom stereocenters. The summed E-state index contributed by atoms with van der Waals surface area (Å²) in [6, 6.07) is 5.61. The molecule has 1 aliphatic carbocycles. The van der Waals surface area contributed by atoms with Crippen LogP contribution in [0.2, 0.25) is 0 Å². The summed E-state index contributed by atoms with van der Waals surface area (Å²) in [6.07, 6.45) is 4.85. The number of methoxy groups -OCH3 is 2. The van der Waals surface area contributed by atoms with Gasteiger partial charge in [0, 0.05) is 30.8 Å². The summed E-state index contributed by atoms with van der Waals surface area (Å²) in [5, 5.41) is 3.18. The summed E-state index contributed by atoms with van der Waals surface area (Å²) in [6.45, 7) is 2.60. The van der Waals surface area contributed by atoms with E-state index in [1.54, 1.807) is 31.3 Å². The average molecular weight is 360 g/mol. The van der Waals surface area contributed by atoms with Gasteiger partial charge in [-0.3, -0.25) is 9.59 Å². The van der Waals surface area contributed by atoms with Crippen LogP contribution in [0.25, 0.3) is 0 Å². The van der Waals surface area contributed by atoms with Crippen LogP contribution in [-0.2, 0) is 9.59 Å². The van der Waals surface area contributed by atoms with Crippen LogP contribution in [-0.4, -0.2) is 38.6 Å². The molecule has 2 aliphatic rings. The first-order valence-electron chi connectivity index (χ1n) is 9.36. The zero-order valence-electron chi connectivity index (χ0n) is 15.8. The molecule has 1 saturated heterocycles. The van der Waals surface area contributed by atoms with Crippen molar-refractivity contribution in [3.8, 4) is 11.5 Å². The summed E-state index contributed by atoms with van der Waals surface area (Å²) in [5.74, 6) is 1.36. The number of hydrogen-bond acceptors (Lipinski definition) is 4. The highest BCUT2D eigenvalue weighted by molar-refractivity contribution is 6.00. The summed E-state index contributed by atoms with van der Waals surface area (Å²) >= 11 is 0. The van der Waals surface area contributed by atoms with E-state index in [1.807, 2.05) is 6.07 Å². The Hall–Kier alpha value is -2.24. The fraction of sp³-hybridized carbons (Fsp3) is 0.600. The van der Waals surface area contributed by atoms with E-state index in [0.717, 1.165) is 24.9 Å². The number of anilines is 1. The second-order valence-electron chi connectivity index (χ2n) is 7.32. The predicted octanol–water partition coefficient (Wildman–Crippen LogP) is 2.75. The van der Waals surface area contributed by atoms with Gasteiger partial charge in [0.25, 0.3) is 0 Å². The minimum atomic E-state index is -0.301. The molecule has 1 N–H and O–H groups in total. The lowest BCUT2D eigenvalue weighted by atomic mass is 9.85. The molecule has 0 aromatic heterocycles. The molecule has 3 rings (SSSR count). The van der Waals surface area contributed by atoms with Crippen LogP contribution >= 0.6 is 0 Å². The zero-order valence-corrected chi connectivity index (χ0v) is 15.8. The van der Waals surface area contributed by atoms with E-state index < -0.39 is 0 Å². The van der Waals surface area contributed by atoms with Crippen LogP contribution in [0.5, 0.6) is 11.5 Å². The van der Waals surface area contributed by atoms with Crippen molar-refractivity contribution in [3.05, 3.63) is 18.2 Å². The van der Waals surface area contributed by atoms with Gasteiger partial charge in [0.2, 0.25) is 11.8 Å². The minimum Gasteiger partial charge on any atom is -0.493 e. The first kappa shape index (κ1) is 18.5. The lowest BCUT2D eigenvalue weighted by Crippen LogP contribution is -2.44. The molecule has 0 bridgehead atoms. The average Bonchev–Trinajstić information content (AvgIpc) is 3.05. The lowest BCUT2D eigenvalue weighted by Gasteiger charge is -2.30. The molecule has 0 radical (unpaired) electrons. The standard InChI is InChI=1S/C20H28N2O4/c1-13-6-4-5-7-16(13)21-20(24)14-10-19(23)22(12-14)15-8-9-17(25-2)18(11-15)26-3/h8-9,11,13-14,16H,4-7,10,12H2,1-3H3,(H,21,24)/t13-,14-,16-/m1/s1. The Labute approximate surface area is 154 Å². The highest BCUT2D eigenvalue weighted by atomic mass is 16.5. The first-order valence-corrected chi connectivity index (χ1v) is 9.36. The number of carbonyl (C=O) groups excluding carboxylic acids is 2. The second-order valence-corrected chi connectivity index (χ2v) is 7.32. The topological polar surface area (TPSA) is 67.9 Å². The van der Waals surface area contributed by atoms with Crippen molar-refractivity contribution in [1.29, 1.82) is 0 Å². The van der Waals surface area contributed by atoms with Gasteiger partial charge in [0.15, 0.2) is 11.5 Å². The van der Waals surface area contributed by atoms with Crippen molar-refractivity contribution in [2.75, 3.05) is 25.7 Å². The third-order valence-corrected chi connectivity index (χ3v) is 5.61. The maximum atomic E-state index is 12.7. The fourth-order valence-electron chi connectivity index (χ4n) is 3.96. The fourth-order valence-corrected chi connectivity index (χ4v) is 3.96. The smallest absolute Gasteiger partial charge is 0.227 e. The molecule has 6 heteroatoms. The van der Waals surface area contributed by atoms with Crippen LogP contribution in [0.15, 0.2) is 18.2 Å². The van der Waals surface area contributed by atoms with E-state index in [4.69, 9.17) is 9.47 Å². The van der Waals surface area contributed by atoms with Gasteiger partial charge in [-0.2, -0.15) is 0 Å². The Morgan fingerprint density at radius 2 is 1.88 bits per heavy atom. The maximum absolute atomic E-state index is 12.7. The van der Waals surface area contributed by atoms with E-state index in [9.17, 15) is 9.59 Å². The summed E-state index contributed by atoms with van der Waals surface area (Å²) in [7, 11) is 3.14. The molecule has 0 unspecified atom stereocenters. The molecular weight excluding hydrogens is 332 g/mol. The number of ether oxygens (including phenoxy) is 2. The predicted molar refractivity (Wildman–Crippen MR) is 99.6 cm³/mol. The van der Waals surface area contributed by atoms with E-state index >= 15 is 0 Å². The molecule has 1 heterocycles. The van der Waals surface area contributed by atoms with Crippen molar-refractivity contribution >= 4 is 17.5 Å². The highest BCUT2D eigenvalue weighted by Gasteiger charge is 2.36. The number of rotatable bonds is 5. The molecule has 2 fully saturated rings. The minimum absolute atomic E-state index is 0.0000710. The summed E-state index contributed by atoms with van der Waals surface area (Å²) < 4.78 is 10.6. The van der Waals surface area contributed by atoms with Crippen molar-refractivity contribution in [2.24, 2.45) is 11.8 Å². The third-order valence-electron chi connectivity index (χ3n) is 5.61. The Kier molecular flexibility index (Phi) is 5.69. The molecule has 142 valence electrons. The molecule has 26 heavy (non-hydrogen) atoms. The first-order chi connectivity index (χ1) is 12.5.